The van der Waals surface area contributed by atoms with Crippen LogP contribution in [0.25, 0.3) is 0 Å². The van der Waals surface area contributed by atoms with Crippen LogP contribution >= 0.6 is 0 Å². The first-order valence-electron chi connectivity index (χ1n) is 12.8. The number of nitrogens with zero attached hydrogens (tertiary/aromatic N) is 3. The van der Waals surface area contributed by atoms with Crippen molar-refractivity contribution in [1.82, 2.24) is 15.2 Å². The Morgan fingerprint density at radius 2 is 1.84 bits per heavy atom. The van der Waals surface area contributed by atoms with Gasteiger partial charge in [0, 0.05) is 20.2 Å². The summed E-state index contributed by atoms with van der Waals surface area (Å²) in [6, 6.07) is 13.0. The van der Waals surface area contributed by atoms with Crippen LogP contribution in [0, 0.1) is 5.92 Å². The zero-order valence-electron chi connectivity index (χ0n) is 21.2. The number of pyridine rings is 1. The van der Waals surface area contributed by atoms with Gasteiger partial charge in [-0.1, -0.05) is 30.3 Å². The topological polar surface area (TPSA) is 66.9 Å². The molecule has 0 saturated carbocycles. The molecule has 2 aliphatic heterocycles. The normalized spacial score (nSPS) is 18.9. The number of hydrogen-bond acceptors (Lipinski definition) is 6. The van der Waals surface area contributed by atoms with Crippen LogP contribution < -0.4 is 15.0 Å². The Bertz CT molecular complexity index is 990. The molecule has 4 rings (SSSR count). The molecule has 0 unspecified atom stereocenters. The highest BCUT2D eigenvalue weighted by molar-refractivity contribution is 5.99. The van der Waals surface area contributed by atoms with Gasteiger partial charge in [0.1, 0.15) is 17.2 Å². The Balaban J connectivity index is 1.42. The van der Waals surface area contributed by atoms with Gasteiger partial charge in [0.25, 0.3) is 5.91 Å². The van der Waals surface area contributed by atoms with E-state index >= 15 is 0 Å². The summed E-state index contributed by atoms with van der Waals surface area (Å²) in [5.74, 6) is 0.130. The fourth-order valence-corrected chi connectivity index (χ4v) is 5.21. The van der Waals surface area contributed by atoms with Crippen LogP contribution in [0.1, 0.15) is 37.7 Å². The Labute approximate surface area is 215 Å². The first-order chi connectivity index (χ1) is 17.8. The first-order valence-corrected chi connectivity index (χ1v) is 12.8. The monoisotopic (exact) mass is 520 g/mol. The van der Waals surface area contributed by atoms with Gasteiger partial charge in [0.2, 0.25) is 0 Å². The second kappa shape index (κ2) is 12.2. The minimum Gasteiger partial charge on any atom is -0.404 e. The standard InChI is InChI=1S/C27H35F3N4O3/c1-36-26(12-14-31-15-13-26)25(35)34(24-8-7-23(19-32-24)37-27(28,29)30)18-11-21-9-16-33(17-10-21)20-22-5-3-2-4-6-22/h2-8,19,21,31H,9-18,20H2,1H3. The molecule has 202 valence electrons. The van der Waals surface area contributed by atoms with Crippen LogP contribution in [0.15, 0.2) is 48.7 Å². The number of amides is 1. The molecule has 0 bridgehead atoms. The van der Waals surface area contributed by atoms with Crippen LogP contribution in [0.5, 0.6) is 5.75 Å². The number of halogens is 3. The summed E-state index contributed by atoms with van der Waals surface area (Å²) >= 11 is 0. The number of nitrogens with one attached hydrogen (secondary N) is 1. The van der Waals surface area contributed by atoms with Gasteiger partial charge in [0.15, 0.2) is 0 Å². The molecule has 0 radical (unpaired) electrons. The quantitative estimate of drug-likeness (QED) is 0.529. The summed E-state index contributed by atoms with van der Waals surface area (Å²) in [6.45, 7) is 4.63. The summed E-state index contributed by atoms with van der Waals surface area (Å²) in [4.78, 5) is 22.0. The zero-order chi connectivity index (χ0) is 26.3. The number of anilines is 1. The lowest BCUT2D eigenvalue weighted by atomic mass is 9.89. The Hall–Kier alpha value is -2.69. The average Bonchev–Trinajstić information content (AvgIpc) is 2.90. The SMILES string of the molecule is COC1(C(=O)N(CCC2CCN(Cc3ccccc3)CC2)c2ccc(OC(F)(F)F)cn2)CCNCC1. The molecule has 0 spiro atoms. The van der Waals surface area contributed by atoms with Crippen molar-refractivity contribution in [2.45, 2.75) is 50.6 Å². The lowest BCUT2D eigenvalue weighted by Gasteiger charge is -2.39. The van der Waals surface area contributed by atoms with Gasteiger partial charge in [-0.05, 0) is 81.9 Å². The lowest BCUT2D eigenvalue weighted by Crippen LogP contribution is -2.56. The van der Waals surface area contributed by atoms with Crippen LogP contribution in [-0.2, 0) is 16.1 Å². The van der Waals surface area contributed by atoms with Crippen molar-refractivity contribution >= 4 is 11.7 Å². The number of rotatable bonds is 9. The van der Waals surface area contributed by atoms with Gasteiger partial charge in [-0.25, -0.2) is 4.98 Å². The van der Waals surface area contributed by atoms with Gasteiger partial charge in [-0.3, -0.25) is 14.6 Å². The number of likely N-dealkylation sites (tertiary alicyclic amines) is 1. The number of hydrogen-bond donors (Lipinski definition) is 1. The lowest BCUT2D eigenvalue weighted by molar-refractivity contribution is -0.274. The van der Waals surface area contributed by atoms with Crippen molar-refractivity contribution in [3.63, 3.8) is 0 Å². The molecule has 1 N–H and O–H groups in total. The van der Waals surface area contributed by atoms with Gasteiger partial charge in [0.05, 0.1) is 6.20 Å². The predicted molar refractivity (Wildman–Crippen MR) is 134 cm³/mol. The molecule has 37 heavy (non-hydrogen) atoms. The molecule has 10 heteroatoms. The van der Waals surface area contributed by atoms with E-state index in [1.54, 1.807) is 4.90 Å². The maximum atomic E-state index is 13.8. The number of aromatic nitrogens is 1. The molecule has 0 aliphatic carbocycles. The summed E-state index contributed by atoms with van der Waals surface area (Å²) in [6.07, 6.45) is 0.0831. The van der Waals surface area contributed by atoms with Crippen molar-refractivity contribution in [3.8, 4) is 5.75 Å². The van der Waals surface area contributed by atoms with Crippen molar-refractivity contribution in [3.05, 3.63) is 54.2 Å². The fourth-order valence-electron chi connectivity index (χ4n) is 5.21. The van der Waals surface area contributed by atoms with E-state index in [4.69, 9.17) is 4.74 Å². The molecular weight excluding hydrogens is 485 g/mol. The number of piperidine rings is 2. The van der Waals surface area contributed by atoms with Crippen molar-refractivity contribution in [1.29, 1.82) is 0 Å². The fraction of sp³-hybridized carbons (Fsp3) is 0.556. The summed E-state index contributed by atoms with van der Waals surface area (Å²) < 4.78 is 47.5. The van der Waals surface area contributed by atoms with E-state index in [1.807, 2.05) is 6.07 Å². The van der Waals surface area contributed by atoms with Crippen molar-refractivity contribution in [2.24, 2.45) is 5.92 Å². The maximum absolute atomic E-state index is 13.8. The summed E-state index contributed by atoms with van der Waals surface area (Å²) in [5.41, 5.74) is 0.321. The minimum atomic E-state index is -4.80. The molecular formula is C27H35F3N4O3. The minimum absolute atomic E-state index is 0.199. The van der Waals surface area contributed by atoms with Crippen LogP contribution in [0.4, 0.5) is 19.0 Å². The third kappa shape index (κ3) is 7.43. The van der Waals surface area contributed by atoms with E-state index < -0.39 is 17.7 Å². The highest BCUT2D eigenvalue weighted by atomic mass is 19.4. The molecule has 2 fully saturated rings. The van der Waals surface area contributed by atoms with Gasteiger partial charge < -0.3 is 14.8 Å². The number of carbonyl (C=O) groups is 1. The number of carbonyl (C=O) groups excluding carboxylic acids is 1. The van der Waals surface area contributed by atoms with E-state index in [1.165, 1.54) is 24.8 Å². The molecule has 2 saturated heterocycles. The molecule has 0 atom stereocenters. The van der Waals surface area contributed by atoms with E-state index in [9.17, 15) is 18.0 Å². The van der Waals surface area contributed by atoms with Gasteiger partial charge in [-0.2, -0.15) is 0 Å². The molecule has 2 aromatic rings. The van der Waals surface area contributed by atoms with Crippen LogP contribution in [0.3, 0.4) is 0 Å². The predicted octanol–water partition coefficient (Wildman–Crippen LogP) is 4.38. The second-order valence-electron chi connectivity index (χ2n) is 9.80. The molecule has 2 aliphatic rings. The van der Waals surface area contributed by atoms with Crippen LogP contribution in [-0.4, -0.2) is 67.6 Å². The zero-order valence-corrected chi connectivity index (χ0v) is 21.2. The number of methoxy groups -OCH3 is 1. The third-order valence-electron chi connectivity index (χ3n) is 7.38. The first kappa shape index (κ1) is 27.3. The molecule has 1 aromatic carbocycles. The molecule has 3 heterocycles. The van der Waals surface area contributed by atoms with E-state index in [0.717, 1.165) is 45.1 Å². The average molecular weight is 521 g/mol. The van der Waals surface area contributed by atoms with Crippen LogP contribution in [0.2, 0.25) is 0 Å². The third-order valence-corrected chi connectivity index (χ3v) is 7.38. The molecule has 1 aromatic heterocycles. The highest BCUT2D eigenvalue weighted by Crippen LogP contribution is 2.30. The Morgan fingerprint density at radius 1 is 1.14 bits per heavy atom. The number of alkyl halides is 3. The van der Waals surface area contributed by atoms with Gasteiger partial charge >= 0.3 is 6.36 Å². The van der Waals surface area contributed by atoms with Crippen molar-refractivity contribution in [2.75, 3.05) is 44.7 Å². The maximum Gasteiger partial charge on any atom is 0.573 e. The number of ether oxygens (including phenoxy) is 2. The summed E-state index contributed by atoms with van der Waals surface area (Å²) in [7, 11) is 1.54. The number of benzene rings is 1. The van der Waals surface area contributed by atoms with Crippen molar-refractivity contribution < 1.29 is 27.4 Å². The summed E-state index contributed by atoms with van der Waals surface area (Å²) in [5, 5.41) is 3.25. The molecule has 1 amide bonds. The second-order valence-corrected chi connectivity index (χ2v) is 9.80. The van der Waals surface area contributed by atoms with E-state index in [2.05, 4.69) is 44.2 Å². The van der Waals surface area contributed by atoms with E-state index in [-0.39, 0.29) is 5.91 Å². The smallest absolute Gasteiger partial charge is 0.404 e. The largest absolute Gasteiger partial charge is 0.573 e. The highest BCUT2D eigenvalue weighted by Gasteiger charge is 2.43. The Kier molecular flexibility index (Phi) is 9.04. The Morgan fingerprint density at radius 3 is 2.43 bits per heavy atom. The molecule has 7 nitrogen and oxygen atoms in total. The van der Waals surface area contributed by atoms with Gasteiger partial charge in [-0.15, -0.1) is 13.2 Å². The van der Waals surface area contributed by atoms with E-state index in [0.29, 0.717) is 44.2 Å².